The van der Waals surface area contributed by atoms with Crippen molar-refractivity contribution in [2.75, 3.05) is 13.2 Å². The number of aromatic nitrogens is 2. The van der Waals surface area contributed by atoms with Gasteiger partial charge in [-0.15, -0.1) is 5.10 Å². The third kappa shape index (κ3) is 7.54. The van der Waals surface area contributed by atoms with E-state index in [0.29, 0.717) is 17.7 Å². The number of carbonyl (C=O) groups excluding carboxylic acids is 2. The molecule has 2 aromatic rings. The van der Waals surface area contributed by atoms with E-state index in [1.807, 2.05) is 26.0 Å². The van der Waals surface area contributed by atoms with E-state index in [1.165, 1.54) is 13.8 Å². The van der Waals surface area contributed by atoms with Crippen molar-refractivity contribution in [1.29, 1.82) is 0 Å². The number of amides is 2. The predicted molar refractivity (Wildman–Crippen MR) is 147 cm³/mol. The van der Waals surface area contributed by atoms with Gasteiger partial charge in [0.1, 0.15) is 42.3 Å². The molecule has 1 aliphatic rings. The van der Waals surface area contributed by atoms with Gasteiger partial charge < -0.3 is 45.7 Å². The van der Waals surface area contributed by atoms with Crippen LogP contribution in [0.2, 0.25) is 0 Å². The molecular formula is C28H42N4O9. The van der Waals surface area contributed by atoms with Crippen molar-refractivity contribution in [1.82, 2.24) is 15.5 Å². The lowest BCUT2D eigenvalue weighted by Gasteiger charge is -2.39. The SMILES string of the molecule is CC(C)c1[nH]nc(OC2O[C@H](CO)[C@@H](O)[C@H](O)[C@H]2O)c1Cc1ccc(OCC(C)(C)C(=O)NC(C)(C)C(N)=O)cc1. The first-order valence-corrected chi connectivity index (χ1v) is 13.5. The number of aliphatic hydroxyl groups excluding tert-OH is 4. The van der Waals surface area contributed by atoms with Gasteiger partial charge in [0, 0.05) is 17.7 Å². The average Bonchev–Trinajstić information content (AvgIpc) is 3.30. The largest absolute Gasteiger partial charge is 0.492 e. The molecular weight excluding hydrogens is 536 g/mol. The molecule has 1 fully saturated rings. The fourth-order valence-corrected chi connectivity index (χ4v) is 4.13. The smallest absolute Gasteiger partial charge is 0.242 e. The number of aliphatic hydroxyl groups is 4. The average molecular weight is 579 g/mol. The molecule has 1 unspecified atom stereocenters. The summed E-state index contributed by atoms with van der Waals surface area (Å²) in [5, 5.41) is 49.9. The van der Waals surface area contributed by atoms with E-state index in [9.17, 15) is 30.0 Å². The molecule has 0 bridgehead atoms. The Bertz CT molecular complexity index is 1190. The number of primary amides is 1. The lowest BCUT2D eigenvalue weighted by Crippen LogP contribution is -2.60. The molecule has 1 aromatic heterocycles. The van der Waals surface area contributed by atoms with Gasteiger partial charge in [0.05, 0.1) is 12.0 Å². The Labute approximate surface area is 239 Å². The Morgan fingerprint density at radius 1 is 1.10 bits per heavy atom. The summed E-state index contributed by atoms with van der Waals surface area (Å²) in [7, 11) is 0. The Morgan fingerprint density at radius 3 is 2.29 bits per heavy atom. The number of nitrogens with zero attached hydrogens (tertiary/aromatic N) is 1. The van der Waals surface area contributed by atoms with Crippen LogP contribution in [-0.2, 0) is 20.7 Å². The quantitative estimate of drug-likeness (QED) is 0.180. The highest BCUT2D eigenvalue weighted by atomic mass is 16.7. The number of H-pyrrole nitrogens is 1. The fourth-order valence-electron chi connectivity index (χ4n) is 4.13. The molecule has 8 N–H and O–H groups in total. The minimum absolute atomic E-state index is 0.0557. The number of carbonyl (C=O) groups is 2. The summed E-state index contributed by atoms with van der Waals surface area (Å²) in [6.07, 6.45) is -6.71. The summed E-state index contributed by atoms with van der Waals surface area (Å²) < 4.78 is 17.2. The summed E-state index contributed by atoms with van der Waals surface area (Å²) in [6, 6.07) is 7.24. The zero-order valence-corrected chi connectivity index (χ0v) is 24.2. The second-order valence-electron chi connectivity index (χ2n) is 11.8. The van der Waals surface area contributed by atoms with E-state index in [0.717, 1.165) is 11.3 Å². The van der Waals surface area contributed by atoms with Crippen molar-refractivity contribution in [3.8, 4) is 11.6 Å². The van der Waals surface area contributed by atoms with Crippen LogP contribution >= 0.6 is 0 Å². The summed E-state index contributed by atoms with van der Waals surface area (Å²) >= 11 is 0. The first-order chi connectivity index (χ1) is 19.1. The number of hydrogen-bond donors (Lipinski definition) is 7. The number of benzene rings is 1. The van der Waals surface area contributed by atoms with Gasteiger partial charge in [0.15, 0.2) is 0 Å². The van der Waals surface area contributed by atoms with Crippen LogP contribution in [0.3, 0.4) is 0 Å². The summed E-state index contributed by atoms with van der Waals surface area (Å²) in [6.45, 7) is 9.93. The summed E-state index contributed by atoms with van der Waals surface area (Å²) in [5.74, 6) is -0.257. The second-order valence-corrected chi connectivity index (χ2v) is 11.8. The van der Waals surface area contributed by atoms with Crippen LogP contribution < -0.4 is 20.5 Å². The monoisotopic (exact) mass is 578 g/mol. The van der Waals surface area contributed by atoms with Crippen LogP contribution in [0.4, 0.5) is 0 Å². The van der Waals surface area contributed by atoms with Crippen LogP contribution in [-0.4, -0.2) is 91.9 Å². The summed E-state index contributed by atoms with van der Waals surface area (Å²) in [5.41, 5.74) is 5.62. The van der Waals surface area contributed by atoms with Gasteiger partial charge in [-0.3, -0.25) is 14.7 Å². The standard InChI is InChI=1S/C28H42N4O9/c1-14(2)19-17(23(32-31-19)41-24-22(36)21(35)20(34)18(12-33)40-24)11-15-7-9-16(10-8-15)39-13-27(3,4)26(38)30-28(5,6)25(29)37/h7-10,14,18,20-22,24,33-36H,11-13H2,1-6H3,(H2,29,37)(H,30,38)(H,31,32)/t18-,20-,21+,22-,24?/m1/s1. The third-order valence-electron chi connectivity index (χ3n) is 7.08. The molecule has 5 atom stereocenters. The lowest BCUT2D eigenvalue weighted by molar-refractivity contribution is -0.278. The van der Waals surface area contributed by atoms with Gasteiger partial charge >= 0.3 is 0 Å². The molecule has 1 aromatic carbocycles. The highest BCUT2D eigenvalue weighted by Gasteiger charge is 2.45. The molecule has 0 radical (unpaired) electrons. The van der Waals surface area contributed by atoms with E-state index in [1.54, 1.807) is 26.0 Å². The van der Waals surface area contributed by atoms with Crippen LogP contribution in [0.15, 0.2) is 24.3 Å². The third-order valence-corrected chi connectivity index (χ3v) is 7.08. The number of nitrogens with one attached hydrogen (secondary N) is 2. The Morgan fingerprint density at radius 2 is 1.73 bits per heavy atom. The van der Waals surface area contributed by atoms with Gasteiger partial charge in [0.25, 0.3) is 0 Å². The Balaban J connectivity index is 1.70. The van der Waals surface area contributed by atoms with E-state index in [2.05, 4.69) is 15.5 Å². The van der Waals surface area contributed by atoms with Crippen LogP contribution in [0.25, 0.3) is 0 Å². The topological polar surface area (TPSA) is 209 Å². The summed E-state index contributed by atoms with van der Waals surface area (Å²) in [4.78, 5) is 24.3. The molecule has 2 amide bonds. The maximum absolute atomic E-state index is 12.7. The molecule has 3 rings (SSSR count). The minimum Gasteiger partial charge on any atom is -0.492 e. The van der Waals surface area contributed by atoms with Crippen molar-refractivity contribution in [2.45, 2.75) is 90.1 Å². The lowest BCUT2D eigenvalue weighted by atomic mass is 9.91. The van der Waals surface area contributed by atoms with E-state index < -0.39 is 54.2 Å². The predicted octanol–water partition coefficient (Wildman–Crippen LogP) is 0.0877. The van der Waals surface area contributed by atoms with E-state index in [-0.39, 0.29) is 24.3 Å². The van der Waals surface area contributed by atoms with Crippen molar-refractivity contribution < 1.29 is 44.2 Å². The van der Waals surface area contributed by atoms with Crippen molar-refractivity contribution in [3.05, 3.63) is 41.1 Å². The molecule has 0 aliphatic carbocycles. The van der Waals surface area contributed by atoms with Crippen LogP contribution in [0.5, 0.6) is 11.6 Å². The van der Waals surface area contributed by atoms with Crippen molar-refractivity contribution in [3.63, 3.8) is 0 Å². The highest BCUT2D eigenvalue weighted by Crippen LogP contribution is 2.31. The van der Waals surface area contributed by atoms with Gasteiger partial charge in [-0.25, -0.2) is 0 Å². The molecule has 0 saturated carbocycles. The first-order valence-electron chi connectivity index (χ1n) is 13.5. The van der Waals surface area contributed by atoms with Gasteiger partial charge in [0.2, 0.25) is 24.0 Å². The zero-order valence-electron chi connectivity index (χ0n) is 24.2. The van der Waals surface area contributed by atoms with E-state index >= 15 is 0 Å². The molecule has 2 heterocycles. The van der Waals surface area contributed by atoms with Gasteiger partial charge in [-0.1, -0.05) is 26.0 Å². The van der Waals surface area contributed by atoms with Crippen molar-refractivity contribution in [2.24, 2.45) is 11.1 Å². The van der Waals surface area contributed by atoms with Gasteiger partial charge in [-0.2, -0.15) is 0 Å². The second kappa shape index (κ2) is 12.7. The fraction of sp³-hybridized carbons (Fsp3) is 0.607. The molecule has 41 heavy (non-hydrogen) atoms. The van der Waals surface area contributed by atoms with E-state index in [4.69, 9.17) is 19.9 Å². The molecule has 1 aliphatic heterocycles. The minimum atomic E-state index is -1.57. The first kappa shape index (κ1) is 32.3. The molecule has 1 saturated heterocycles. The Kier molecular flexibility index (Phi) is 10.0. The number of rotatable bonds is 12. The zero-order chi connectivity index (χ0) is 30.7. The normalized spacial score (nSPS) is 23.3. The maximum atomic E-state index is 12.7. The number of hydrogen-bond acceptors (Lipinski definition) is 10. The van der Waals surface area contributed by atoms with Crippen LogP contribution in [0.1, 0.15) is 64.3 Å². The highest BCUT2D eigenvalue weighted by molar-refractivity contribution is 5.91. The number of aromatic amines is 1. The van der Waals surface area contributed by atoms with Gasteiger partial charge in [-0.05, 0) is 51.3 Å². The molecule has 228 valence electrons. The Hall–Kier alpha value is -3.23. The molecule has 13 nitrogen and oxygen atoms in total. The molecule has 13 heteroatoms. The number of nitrogens with two attached hydrogens (primary N) is 1. The molecule has 0 spiro atoms. The van der Waals surface area contributed by atoms with Crippen LogP contribution in [0, 0.1) is 5.41 Å². The van der Waals surface area contributed by atoms with Crippen molar-refractivity contribution >= 4 is 11.8 Å². The number of ether oxygens (including phenoxy) is 3. The maximum Gasteiger partial charge on any atom is 0.242 e.